The lowest BCUT2D eigenvalue weighted by Gasteiger charge is -2.10. The molecule has 1 heterocycles. The van der Waals surface area contributed by atoms with Crippen molar-refractivity contribution < 1.29 is 8.42 Å². The Morgan fingerprint density at radius 3 is 2.62 bits per heavy atom. The van der Waals surface area contributed by atoms with Crippen LogP contribution in [0.1, 0.15) is 10.6 Å². The standard InChI is InChI=1S/C15H14N2O2S2/c1-10-5-3-4-6-15(10)21(18,19)17-12-7-8-13-14(9-12)20-11(2)16-13/h3-9,17H,1-2H3. The van der Waals surface area contributed by atoms with E-state index in [1.54, 1.807) is 42.5 Å². The van der Waals surface area contributed by atoms with Crippen molar-refractivity contribution in [3.63, 3.8) is 0 Å². The van der Waals surface area contributed by atoms with Crippen molar-refractivity contribution in [2.24, 2.45) is 0 Å². The highest BCUT2D eigenvalue weighted by Crippen LogP contribution is 2.26. The molecule has 0 aliphatic heterocycles. The average molecular weight is 318 g/mol. The zero-order valence-electron chi connectivity index (χ0n) is 11.6. The van der Waals surface area contributed by atoms with Crippen LogP contribution in [0.2, 0.25) is 0 Å². The minimum absolute atomic E-state index is 0.297. The van der Waals surface area contributed by atoms with E-state index in [2.05, 4.69) is 9.71 Å². The highest BCUT2D eigenvalue weighted by Gasteiger charge is 2.16. The molecule has 1 N–H and O–H groups in total. The third-order valence-electron chi connectivity index (χ3n) is 3.13. The van der Waals surface area contributed by atoms with Crippen LogP contribution in [0, 0.1) is 13.8 Å². The van der Waals surface area contributed by atoms with Gasteiger partial charge in [-0.1, -0.05) is 18.2 Å². The summed E-state index contributed by atoms with van der Waals surface area (Å²) in [7, 11) is -3.57. The van der Waals surface area contributed by atoms with Crippen LogP contribution in [0.25, 0.3) is 10.2 Å². The smallest absolute Gasteiger partial charge is 0.262 e. The predicted molar refractivity (Wildman–Crippen MR) is 86.3 cm³/mol. The van der Waals surface area contributed by atoms with Crippen molar-refractivity contribution in [1.29, 1.82) is 0 Å². The number of fused-ring (bicyclic) bond motifs is 1. The summed E-state index contributed by atoms with van der Waals surface area (Å²) < 4.78 is 28.5. The lowest BCUT2D eigenvalue weighted by molar-refractivity contribution is 0.600. The number of aromatic nitrogens is 1. The summed E-state index contributed by atoms with van der Waals surface area (Å²) >= 11 is 1.55. The van der Waals surface area contributed by atoms with Gasteiger partial charge in [0, 0.05) is 0 Å². The summed E-state index contributed by atoms with van der Waals surface area (Å²) in [6.45, 7) is 3.71. The van der Waals surface area contributed by atoms with Crippen molar-refractivity contribution in [1.82, 2.24) is 4.98 Å². The minimum atomic E-state index is -3.57. The number of anilines is 1. The Kier molecular flexibility index (Phi) is 3.43. The Morgan fingerprint density at radius 2 is 1.86 bits per heavy atom. The molecule has 0 aliphatic rings. The van der Waals surface area contributed by atoms with Gasteiger partial charge in [0.1, 0.15) is 0 Å². The van der Waals surface area contributed by atoms with E-state index in [9.17, 15) is 8.42 Å². The zero-order chi connectivity index (χ0) is 15.0. The fourth-order valence-electron chi connectivity index (χ4n) is 2.17. The molecule has 0 amide bonds. The van der Waals surface area contributed by atoms with E-state index in [1.165, 1.54) is 0 Å². The van der Waals surface area contributed by atoms with Crippen LogP contribution in [-0.4, -0.2) is 13.4 Å². The van der Waals surface area contributed by atoms with E-state index in [4.69, 9.17) is 0 Å². The number of hydrogen-bond acceptors (Lipinski definition) is 4. The molecule has 0 atom stereocenters. The van der Waals surface area contributed by atoms with Crippen LogP contribution in [0.3, 0.4) is 0 Å². The van der Waals surface area contributed by atoms with Gasteiger partial charge in [0.15, 0.2) is 0 Å². The monoisotopic (exact) mass is 318 g/mol. The highest BCUT2D eigenvalue weighted by molar-refractivity contribution is 7.92. The van der Waals surface area contributed by atoms with Gasteiger partial charge >= 0.3 is 0 Å². The molecule has 6 heteroatoms. The fourth-order valence-corrected chi connectivity index (χ4v) is 4.33. The van der Waals surface area contributed by atoms with Crippen molar-refractivity contribution >= 4 is 37.3 Å². The molecule has 3 rings (SSSR count). The normalized spacial score (nSPS) is 11.7. The molecular weight excluding hydrogens is 304 g/mol. The Morgan fingerprint density at radius 1 is 1.10 bits per heavy atom. The molecule has 4 nitrogen and oxygen atoms in total. The van der Waals surface area contributed by atoms with E-state index < -0.39 is 10.0 Å². The van der Waals surface area contributed by atoms with E-state index >= 15 is 0 Å². The summed E-state index contributed by atoms with van der Waals surface area (Å²) in [5, 5.41) is 0.962. The molecule has 1 aromatic heterocycles. The average Bonchev–Trinajstić information content (AvgIpc) is 2.78. The lowest BCUT2D eigenvalue weighted by atomic mass is 10.2. The number of nitrogens with one attached hydrogen (secondary N) is 1. The first-order valence-electron chi connectivity index (χ1n) is 6.41. The summed E-state index contributed by atoms with van der Waals surface area (Å²) in [5.41, 5.74) is 2.16. The molecule has 3 aromatic rings. The van der Waals surface area contributed by atoms with Gasteiger partial charge in [-0.3, -0.25) is 4.72 Å². The van der Waals surface area contributed by atoms with E-state index in [-0.39, 0.29) is 0 Å². The molecule has 0 fully saturated rings. The molecule has 0 saturated heterocycles. The van der Waals surface area contributed by atoms with E-state index in [0.717, 1.165) is 20.8 Å². The van der Waals surface area contributed by atoms with Gasteiger partial charge in [0.25, 0.3) is 10.0 Å². The summed E-state index contributed by atoms with van der Waals surface area (Å²) in [6.07, 6.45) is 0. The van der Waals surface area contributed by atoms with Gasteiger partial charge in [-0.25, -0.2) is 13.4 Å². The van der Waals surface area contributed by atoms with Crippen LogP contribution >= 0.6 is 11.3 Å². The number of thiazole rings is 1. The SMILES string of the molecule is Cc1nc2ccc(NS(=O)(=O)c3ccccc3C)cc2s1. The topological polar surface area (TPSA) is 59.1 Å². The quantitative estimate of drug-likeness (QED) is 0.801. The highest BCUT2D eigenvalue weighted by atomic mass is 32.2. The Hall–Kier alpha value is -1.92. The summed E-state index contributed by atoms with van der Waals surface area (Å²) in [4.78, 5) is 4.66. The lowest BCUT2D eigenvalue weighted by Crippen LogP contribution is -2.14. The fraction of sp³-hybridized carbons (Fsp3) is 0.133. The van der Waals surface area contributed by atoms with Gasteiger partial charge in [0.05, 0.1) is 25.8 Å². The Balaban J connectivity index is 1.99. The molecule has 0 saturated carbocycles. The van der Waals surface area contributed by atoms with Crippen LogP contribution in [0.4, 0.5) is 5.69 Å². The molecule has 0 radical (unpaired) electrons. The number of benzene rings is 2. The van der Waals surface area contributed by atoms with Gasteiger partial charge < -0.3 is 0 Å². The molecule has 0 spiro atoms. The van der Waals surface area contributed by atoms with Crippen LogP contribution in [0.15, 0.2) is 47.4 Å². The maximum atomic E-state index is 12.4. The summed E-state index contributed by atoms with van der Waals surface area (Å²) in [6, 6.07) is 12.3. The second-order valence-corrected chi connectivity index (χ2v) is 7.67. The van der Waals surface area contributed by atoms with Crippen LogP contribution < -0.4 is 4.72 Å². The van der Waals surface area contributed by atoms with E-state index in [0.29, 0.717) is 10.6 Å². The second-order valence-electron chi connectivity index (χ2n) is 4.79. The number of aryl methyl sites for hydroxylation is 2. The largest absolute Gasteiger partial charge is 0.280 e. The first kappa shape index (κ1) is 14.0. The van der Waals surface area contributed by atoms with E-state index in [1.807, 2.05) is 25.1 Å². The Bertz CT molecular complexity index is 914. The molecule has 0 aliphatic carbocycles. The number of rotatable bonds is 3. The molecule has 21 heavy (non-hydrogen) atoms. The number of hydrogen-bond donors (Lipinski definition) is 1. The second kappa shape index (κ2) is 5.13. The predicted octanol–water partition coefficient (Wildman–Crippen LogP) is 3.71. The zero-order valence-corrected chi connectivity index (χ0v) is 13.3. The van der Waals surface area contributed by atoms with Crippen molar-refractivity contribution in [2.45, 2.75) is 18.7 Å². The van der Waals surface area contributed by atoms with Crippen LogP contribution in [0.5, 0.6) is 0 Å². The number of sulfonamides is 1. The van der Waals surface area contributed by atoms with Crippen molar-refractivity contribution in [2.75, 3.05) is 4.72 Å². The molecule has 0 unspecified atom stereocenters. The summed E-state index contributed by atoms with van der Waals surface area (Å²) in [5.74, 6) is 0. The third kappa shape index (κ3) is 2.77. The first-order chi connectivity index (χ1) is 9.95. The molecular formula is C15H14N2O2S2. The van der Waals surface area contributed by atoms with Crippen molar-refractivity contribution in [3.05, 3.63) is 53.0 Å². The van der Waals surface area contributed by atoms with Gasteiger partial charge in [-0.05, 0) is 43.7 Å². The Labute approximate surface area is 127 Å². The van der Waals surface area contributed by atoms with Crippen molar-refractivity contribution in [3.8, 4) is 0 Å². The van der Waals surface area contributed by atoms with Gasteiger partial charge in [-0.15, -0.1) is 11.3 Å². The molecule has 0 bridgehead atoms. The minimum Gasteiger partial charge on any atom is -0.280 e. The van der Waals surface area contributed by atoms with Gasteiger partial charge in [-0.2, -0.15) is 0 Å². The first-order valence-corrected chi connectivity index (χ1v) is 8.71. The molecule has 2 aromatic carbocycles. The third-order valence-corrected chi connectivity index (χ3v) is 5.61. The maximum Gasteiger partial charge on any atom is 0.262 e. The number of nitrogens with zero attached hydrogens (tertiary/aromatic N) is 1. The molecule has 108 valence electrons. The van der Waals surface area contributed by atoms with Crippen LogP contribution in [-0.2, 0) is 10.0 Å². The maximum absolute atomic E-state index is 12.4. The van der Waals surface area contributed by atoms with Gasteiger partial charge in [0.2, 0.25) is 0 Å².